The zero-order valence-electron chi connectivity index (χ0n) is 9.28. The van der Waals surface area contributed by atoms with E-state index in [4.69, 9.17) is 9.47 Å². The number of hydrogen-bond acceptors (Lipinski definition) is 5. The van der Waals surface area contributed by atoms with E-state index in [-0.39, 0.29) is 11.4 Å². The molecular formula is C9H19NO4S. The van der Waals surface area contributed by atoms with Crippen LogP contribution in [0.3, 0.4) is 0 Å². The summed E-state index contributed by atoms with van der Waals surface area (Å²) in [6, 6.07) is 0. The number of nitrogens with one attached hydrogen (secondary N) is 1. The Morgan fingerprint density at radius 2 is 2.27 bits per heavy atom. The first-order valence-electron chi connectivity index (χ1n) is 4.99. The van der Waals surface area contributed by atoms with Gasteiger partial charge in [-0.15, -0.1) is 0 Å². The van der Waals surface area contributed by atoms with E-state index < -0.39 is 9.84 Å². The van der Waals surface area contributed by atoms with E-state index in [9.17, 15) is 8.42 Å². The maximum atomic E-state index is 10.9. The van der Waals surface area contributed by atoms with E-state index in [0.717, 1.165) is 6.42 Å². The molecule has 0 aromatic heterocycles. The van der Waals surface area contributed by atoms with Gasteiger partial charge in [-0.1, -0.05) is 0 Å². The molecule has 0 bridgehead atoms. The molecule has 1 saturated heterocycles. The summed E-state index contributed by atoms with van der Waals surface area (Å²) >= 11 is 0. The highest BCUT2D eigenvalue weighted by Gasteiger charge is 2.34. The first-order valence-corrected chi connectivity index (χ1v) is 7.05. The minimum absolute atomic E-state index is 0.160. The quantitative estimate of drug-likeness (QED) is 0.627. The number of hydrogen-bond donors (Lipinski definition) is 1. The number of ether oxygens (including phenoxy) is 2. The Morgan fingerprint density at radius 1 is 1.53 bits per heavy atom. The Bertz CT molecular complexity index is 282. The van der Waals surface area contributed by atoms with Gasteiger partial charge in [0.15, 0.2) is 0 Å². The SMILES string of the molecule is COC1(CNCCS(C)(=O)=O)CCOC1. The van der Waals surface area contributed by atoms with Crippen LogP contribution in [0.25, 0.3) is 0 Å². The maximum Gasteiger partial charge on any atom is 0.148 e. The Labute approximate surface area is 91.1 Å². The van der Waals surface area contributed by atoms with Crippen LogP contribution in [0, 0.1) is 0 Å². The third-order valence-electron chi connectivity index (χ3n) is 2.60. The molecule has 0 amide bonds. The number of methoxy groups -OCH3 is 1. The van der Waals surface area contributed by atoms with E-state index in [1.807, 2.05) is 0 Å². The topological polar surface area (TPSA) is 64.6 Å². The van der Waals surface area contributed by atoms with Crippen molar-refractivity contribution >= 4 is 9.84 Å². The molecule has 0 aromatic carbocycles. The van der Waals surface area contributed by atoms with Crippen LogP contribution in [0.1, 0.15) is 6.42 Å². The third kappa shape index (κ3) is 4.46. The Kier molecular flexibility index (Phi) is 4.51. The minimum atomic E-state index is -2.88. The minimum Gasteiger partial charge on any atom is -0.378 e. The average molecular weight is 237 g/mol. The zero-order chi connectivity index (χ0) is 11.4. The molecule has 0 radical (unpaired) electrons. The van der Waals surface area contributed by atoms with Crippen molar-refractivity contribution in [2.24, 2.45) is 0 Å². The fourth-order valence-corrected chi connectivity index (χ4v) is 2.05. The van der Waals surface area contributed by atoms with Crippen LogP contribution >= 0.6 is 0 Å². The molecule has 1 heterocycles. The first-order chi connectivity index (χ1) is 6.97. The van der Waals surface area contributed by atoms with Gasteiger partial charge >= 0.3 is 0 Å². The molecule has 1 atom stereocenters. The second-order valence-corrected chi connectivity index (χ2v) is 6.26. The Hall–Kier alpha value is -0.170. The summed E-state index contributed by atoms with van der Waals surface area (Å²) in [4.78, 5) is 0. The number of sulfone groups is 1. The van der Waals surface area contributed by atoms with Crippen LogP contribution in [0.4, 0.5) is 0 Å². The van der Waals surface area contributed by atoms with Crippen molar-refractivity contribution < 1.29 is 17.9 Å². The van der Waals surface area contributed by atoms with E-state index in [0.29, 0.717) is 26.3 Å². The molecule has 1 aliphatic rings. The second kappa shape index (κ2) is 5.25. The van der Waals surface area contributed by atoms with Crippen LogP contribution in [-0.4, -0.2) is 59.4 Å². The molecule has 90 valence electrons. The van der Waals surface area contributed by atoms with Crippen LogP contribution in [-0.2, 0) is 19.3 Å². The smallest absolute Gasteiger partial charge is 0.148 e. The molecule has 0 aliphatic carbocycles. The first kappa shape index (κ1) is 12.9. The van der Waals surface area contributed by atoms with Gasteiger partial charge < -0.3 is 14.8 Å². The largest absolute Gasteiger partial charge is 0.378 e. The van der Waals surface area contributed by atoms with Crippen molar-refractivity contribution in [3.63, 3.8) is 0 Å². The van der Waals surface area contributed by atoms with Crippen LogP contribution in [0.5, 0.6) is 0 Å². The fraction of sp³-hybridized carbons (Fsp3) is 1.00. The molecule has 1 unspecified atom stereocenters. The zero-order valence-corrected chi connectivity index (χ0v) is 10.1. The summed E-state index contributed by atoms with van der Waals surface area (Å²) in [5, 5.41) is 3.09. The summed E-state index contributed by atoms with van der Waals surface area (Å²) < 4.78 is 32.4. The van der Waals surface area contributed by atoms with E-state index in [1.165, 1.54) is 6.26 Å². The van der Waals surface area contributed by atoms with E-state index >= 15 is 0 Å². The molecule has 1 fully saturated rings. The summed E-state index contributed by atoms with van der Waals surface area (Å²) in [7, 11) is -1.22. The van der Waals surface area contributed by atoms with Gasteiger partial charge in [-0.25, -0.2) is 8.42 Å². The van der Waals surface area contributed by atoms with Gasteiger partial charge in [-0.2, -0.15) is 0 Å². The molecule has 6 heteroatoms. The highest BCUT2D eigenvalue weighted by molar-refractivity contribution is 7.90. The van der Waals surface area contributed by atoms with Crippen molar-refractivity contribution in [3.05, 3.63) is 0 Å². The summed E-state index contributed by atoms with van der Waals surface area (Å²) in [6.07, 6.45) is 2.09. The van der Waals surface area contributed by atoms with E-state index in [1.54, 1.807) is 7.11 Å². The van der Waals surface area contributed by atoms with E-state index in [2.05, 4.69) is 5.32 Å². The predicted molar refractivity (Wildman–Crippen MR) is 57.8 cm³/mol. The highest BCUT2D eigenvalue weighted by Crippen LogP contribution is 2.21. The maximum absolute atomic E-state index is 10.9. The molecular weight excluding hydrogens is 218 g/mol. The molecule has 5 nitrogen and oxygen atoms in total. The van der Waals surface area contributed by atoms with Crippen molar-refractivity contribution in [3.8, 4) is 0 Å². The molecule has 1 N–H and O–H groups in total. The lowest BCUT2D eigenvalue weighted by atomic mass is 10.0. The third-order valence-corrected chi connectivity index (χ3v) is 3.54. The summed E-state index contributed by atoms with van der Waals surface area (Å²) in [6.45, 7) is 2.39. The predicted octanol–water partition coefficient (Wildman–Crippen LogP) is -0.574. The summed E-state index contributed by atoms with van der Waals surface area (Å²) in [5.41, 5.74) is -0.266. The lowest BCUT2D eigenvalue weighted by Gasteiger charge is -2.25. The normalized spacial score (nSPS) is 27.1. The van der Waals surface area contributed by atoms with Crippen molar-refractivity contribution in [2.45, 2.75) is 12.0 Å². The van der Waals surface area contributed by atoms with Gasteiger partial charge in [0.2, 0.25) is 0 Å². The van der Waals surface area contributed by atoms with Crippen molar-refractivity contribution in [2.75, 3.05) is 45.4 Å². The molecule has 0 aromatic rings. The molecule has 0 spiro atoms. The Morgan fingerprint density at radius 3 is 2.73 bits per heavy atom. The van der Waals surface area contributed by atoms with Gasteiger partial charge in [0.25, 0.3) is 0 Å². The van der Waals surface area contributed by atoms with Gasteiger partial charge in [0.05, 0.1) is 12.4 Å². The van der Waals surface area contributed by atoms with Gasteiger partial charge in [0.1, 0.15) is 15.4 Å². The Balaban J connectivity index is 2.24. The van der Waals surface area contributed by atoms with Gasteiger partial charge in [0, 0.05) is 39.5 Å². The standard InChI is InChI=1S/C9H19NO4S/c1-13-9(3-5-14-8-9)7-10-4-6-15(2,11)12/h10H,3-8H2,1-2H3. The highest BCUT2D eigenvalue weighted by atomic mass is 32.2. The van der Waals surface area contributed by atoms with Gasteiger partial charge in [-0.05, 0) is 0 Å². The molecule has 0 saturated carbocycles. The molecule has 1 aliphatic heterocycles. The summed E-state index contributed by atoms with van der Waals surface area (Å²) in [5.74, 6) is 0.160. The van der Waals surface area contributed by atoms with Gasteiger partial charge in [-0.3, -0.25) is 0 Å². The fourth-order valence-electron chi connectivity index (χ4n) is 1.53. The second-order valence-electron chi connectivity index (χ2n) is 4.00. The number of rotatable bonds is 6. The van der Waals surface area contributed by atoms with Crippen molar-refractivity contribution in [1.29, 1.82) is 0 Å². The van der Waals surface area contributed by atoms with Crippen LogP contribution in [0.15, 0.2) is 0 Å². The van der Waals surface area contributed by atoms with Crippen molar-refractivity contribution in [1.82, 2.24) is 5.32 Å². The molecule has 1 rings (SSSR count). The average Bonchev–Trinajstić information content (AvgIpc) is 2.60. The lowest BCUT2D eigenvalue weighted by Crippen LogP contribution is -2.44. The lowest BCUT2D eigenvalue weighted by molar-refractivity contribution is -0.0153. The van der Waals surface area contributed by atoms with Crippen LogP contribution < -0.4 is 5.32 Å². The van der Waals surface area contributed by atoms with Crippen LogP contribution in [0.2, 0.25) is 0 Å². The monoisotopic (exact) mass is 237 g/mol. The molecule has 15 heavy (non-hydrogen) atoms.